The first-order chi connectivity index (χ1) is 14.7. The maximum atomic E-state index is 13.0. The number of nitroso groups, excluding NO2 is 1. The molecule has 6 nitrogen and oxygen atoms in total. The molecule has 0 saturated heterocycles. The summed E-state index contributed by atoms with van der Waals surface area (Å²) in [6.07, 6.45) is 3.31. The highest BCUT2D eigenvalue weighted by molar-refractivity contribution is 6.24. The minimum atomic E-state index is -0.614. The zero-order chi connectivity index (χ0) is 20.8. The van der Waals surface area contributed by atoms with Gasteiger partial charge in [-0.2, -0.15) is 0 Å². The number of phenolic OH excluding ortho intramolecular Hbond substituents is 1. The number of ether oxygens (including phenoxy) is 1. The zero-order valence-corrected chi connectivity index (χ0v) is 15.8. The molecule has 0 unspecified atom stereocenters. The first kappa shape index (κ1) is 17.9. The van der Waals surface area contributed by atoms with E-state index < -0.39 is 5.97 Å². The molecule has 6 heteroatoms. The van der Waals surface area contributed by atoms with Gasteiger partial charge in [0.05, 0.1) is 16.6 Å². The third-order valence-electron chi connectivity index (χ3n) is 5.33. The Hall–Kier alpha value is -4.19. The van der Waals surface area contributed by atoms with Gasteiger partial charge in [-0.1, -0.05) is 61.2 Å². The van der Waals surface area contributed by atoms with Gasteiger partial charge < -0.3 is 14.2 Å². The van der Waals surface area contributed by atoms with Gasteiger partial charge in [-0.25, -0.2) is 4.79 Å². The summed E-state index contributed by atoms with van der Waals surface area (Å²) in [4.78, 5) is 25.0. The Bertz CT molecular complexity index is 1510. The predicted molar refractivity (Wildman–Crippen MR) is 118 cm³/mol. The fraction of sp³-hybridized carbons (Fsp3) is 0.0417. The van der Waals surface area contributed by atoms with E-state index >= 15 is 0 Å². The van der Waals surface area contributed by atoms with Crippen LogP contribution in [0.2, 0.25) is 0 Å². The lowest BCUT2D eigenvalue weighted by Crippen LogP contribution is -2.05. The number of benzene rings is 3. The second-order valence-electron chi connectivity index (χ2n) is 6.98. The number of aromatic hydroxyl groups is 1. The first-order valence-corrected chi connectivity index (χ1v) is 9.37. The van der Waals surface area contributed by atoms with Crippen LogP contribution in [0, 0.1) is 4.91 Å². The molecule has 5 aromatic rings. The van der Waals surface area contributed by atoms with E-state index in [2.05, 4.69) is 11.8 Å². The summed E-state index contributed by atoms with van der Waals surface area (Å²) in [5.74, 6) is -0.640. The van der Waals surface area contributed by atoms with Crippen LogP contribution in [0.4, 0.5) is 5.69 Å². The van der Waals surface area contributed by atoms with Gasteiger partial charge in [0.1, 0.15) is 18.0 Å². The Kier molecular flexibility index (Phi) is 3.99. The highest BCUT2D eigenvalue weighted by atomic mass is 16.5. The molecule has 0 atom stereocenters. The van der Waals surface area contributed by atoms with Crippen molar-refractivity contribution in [1.29, 1.82) is 0 Å². The van der Waals surface area contributed by atoms with E-state index in [1.165, 1.54) is 6.08 Å². The fourth-order valence-corrected chi connectivity index (χ4v) is 4.06. The highest BCUT2D eigenvalue weighted by Crippen LogP contribution is 2.46. The minimum Gasteiger partial charge on any atom is -0.505 e. The molecule has 2 aromatic heterocycles. The molecule has 0 fully saturated rings. The number of phenols is 1. The molecule has 0 saturated carbocycles. The number of aromatic nitrogens is 1. The number of fused-ring (bicyclic) bond motifs is 5. The van der Waals surface area contributed by atoms with Gasteiger partial charge in [0.2, 0.25) is 0 Å². The number of nitrogens with zero attached hydrogens (tertiary/aromatic N) is 2. The molecule has 0 aliphatic carbocycles. The van der Waals surface area contributed by atoms with Crippen molar-refractivity contribution in [1.82, 2.24) is 4.40 Å². The van der Waals surface area contributed by atoms with Crippen LogP contribution in [0.25, 0.3) is 38.0 Å². The van der Waals surface area contributed by atoms with Gasteiger partial charge >= 0.3 is 5.97 Å². The summed E-state index contributed by atoms with van der Waals surface area (Å²) in [6.45, 7) is 3.60. The number of carbonyl (C=O) groups excluding carboxylic acids is 1. The van der Waals surface area contributed by atoms with Crippen molar-refractivity contribution in [2.45, 2.75) is 0 Å². The van der Waals surface area contributed by atoms with Gasteiger partial charge in [0.15, 0.2) is 0 Å². The lowest BCUT2D eigenvalue weighted by Gasteiger charge is -2.08. The van der Waals surface area contributed by atoms with E-state index in [1.54, 1.807) is 28.7 Å². The zero-order valence-electron chi connectivity index (χ0n) is 15.8. The first-order valence-electron chi connectivity index (χ1n) is 9.37. The van der Waals surface area contributed by atoms with Crippen molar-refractivity contribution in [3.63, 3.8) is 0 Å². The predicted octanol–water partition coefficient (Wildman–Crippen LogP) is 5.85. The van der Waals surface area contributed by atoms with Crippen LogP contribution in [-0.4, -0.2) is 22.1 Å². The van der Waals surface area contributed by atoms with Crippen LogP contribution in [-0.2, 0) is 4.74 Å². The smallest absolute Gasteiger partial charge is 0.341 e. The molecule has 0 amide bonds. The summed E-state index contributed by atoms with van der Waals surface area (Å²) in [7, 11) is 0. The van der Waals surface area contributed by atoms with E-state index in [-0.39, 0.29) is 29.0 Å². The maximum Gasteiger partial charge on any atom is 0.341 e. The van der Waals surface area contributed by atoms with E-state index in [0.717, 1.165) is 10.8 Å². The fourth-order valence-electron chi connectivity index (χ4n) is 4.06. The Morgan fingerprint density at radius 2 is 1.80 bits per heavy atom. The third-order valence-corrected chi connectivity index (χ3v) is 5.33. The van der Waals surface area contributed by atoms with Crippen LogP contribution in [0.15, 0.2) is 78.6 Å². The maximum absolute atomic E-state index is 13.0. The number of hydrogen-bond acceptors (Lipinski definition) is 5. The Morgan fingerprint density at radius 1 is 1.10 bits per heavy atom. The van der Waals surface area contributed by atoms with Crippen molar-refractivity contribution < 1.29 is 14.6 Å². The molecule has 3 aromatic carbocycles. The third kappa shape index (κ3) is 2.40. The van der Waals surface area contributed by atoms with Crippen molar-refractivity contribution in [2.24, 2.45) is 5.18 Å². The van der Waals surface area contributed by atoms with Crippen LogP contribution in [0.1, 0.15) is 10.4 Å². The highest BCUT2D eigenvalue weighted by Gasteiger charge is 2.27. The number of esters is 1. The van der Waals surface area contributed by atoms with Crippen molar-refractivity contribution >= 4 is 49.6 Å². The standard InChI is InChI=1S/C24H16N2O4/c1-2-11-30-24(28)19-18-12-14-7-3-4-8-15(14)13-26(18)22-20(19)21(25-29)16-9-5-6-10-17(16)23(22)27/h2-10,12-13,27H,1,11H2. The quantitative estimate of drug-likeness (QED) is 0.235. The Morgan fingerprint density at radius 3 is 2.53 bits per heavy atom. The molecule has 0 spiro atoms. The van der Waals surface area contributed by atoms with Gasteiger partial charge in [0.25, 0.3) is 0 Å². The largest absolute Gasteiger partial charge is 0.505 e. The Labute approximate surface area is 170 Å². The molecular weight excluding hydrogens is 380 g/mol. The van der Waals surface area contributed by atoms with Gasteiger partial charge in [-0.15, -0.1) is 4.91 Å². The number of carbonyl (C=O) groups is 1. The van der Waals surface area contributed by atoms with E-state index in [0.29, 0.717) is 21.8 Å². The van der Waals surface area contributed by atoms with Crippen LogP contribution in [0.3, 0.4) is 0 Å². The monoisotopic (exact) mass is 396 g/mol. The summed E-state index contributed by atoms with van der Waals surface area (Å²) in [6, 6.07) is 16.5. The molecule has 30 heavy (non-hydrogen) atoms. The molecule has 146 valence electrons. The molecular formula is C24H16N2O4. The summed E-state index contributed by atoms with van der Waals surface area (Å²) < 4.78 is 7.04. The van der Waals surface area contributed by atoms with E-state index in [9.17, 15) is 14.8 Å². The van der Waals surface area contributed by atoms with Crippen LogP contribution >= 0.6 is 0 Å². The van der Waals surface area contributed by atoms with Crippen LogP contribution < -0.4 is 0 Å². The van der Waals surface area contributed by atoms with Gasteiger partial charge in [-0.3, -0.25) is 0 Å². The summed E-state index contributed by atoms with van der Waals surface area (Å²) in [5, 5.41) is 17.4. The summed E-state index contributed by atoms with van der Waals surface area (Å²) in [5.41, 5.74) is 1.15. The Balaban J connectivity index is 2.07. The average Bonchev–Trinajstić information content (AvgIpc) is 3.10. The lowest BCUT2D eigenvalue weighted by molar-refractivity contribution is 0.0554. The SMILES string of the molecule is C=CCOC(=O)c1c2c(N=O)c3ccccc3c(O)c2n2cc3ccccc3cc12. The van der Waals surface area contributed by atoms with E-state index in [4.69, 9.17) is 4.74 Å². The topological polar surface area (TPSA) is 80.4 Å². The molecule has 0 aliphatic rings. The molecule has 0 aliphatic heterocycles. The minimum absolute atomic E-state index is 0.0225. The van der Waals surface area contributed by atoms with Crippen LogP contribution in [0.5, 0.6) is 5.75 Å². The molecule has 0 radical (unpaired) electrons. The van der Waals surface area contributed by atoms with Crippen molar-refractivity contribution in [2.75, 3.05) is 6.61 Å². The van der Waals surface area contributed by atoms with E-state index in [1.807, 2.05) is 36.5 Å². The molecule has 2 heterocycles. The summed E-state index contributed by atoms with van der Waals surface area (Å²) >= 11 is 0. The van der Waals surface area contributed by atoms with Gasteiger partial charge in [-0.05, 0) is 22.0 Å². The molecule has 5 rings (SSSR count). The lowest BCUT2D eigenvalue weighted by atomic mass is 10.0. The van der Waals surface area contributed by atoms with Gasteiger partial charge in [0, 0.05) is 22.4 Å². The van der Waals surface area contributed by atoms with Crippen molar-refractivity contribution in [3.8, 4) is 5.75 Å². The molecule has 0 bridgehead atoms. The molecule has 1 N–H and O–H groups in total. The second-order valence-corrected chi connectivity index (χ2v) is 6.98. The normalized spacial score (nSPS) is 11.3. The number of hydrogen-bond donors (Lipinski definition) is 1. The second kappa shape index (κ2) is 6.70. The number of pyridine rings is 1. The number of rotatable bonds is 4. The average molecular weight is 396 g/mol. The van der Waals surface area contributed by atoms with Crippen molar-refractivity contribution in [3.05, 3.63) is 83.9 Å².